The molecule has 0 saturated carbocycles. The Morgan fingerprint density at radius 1 is 1.00 bits per heavy atom. The van der Waals surface area contributed by atoms with Crippen molar-refractivity contribution >= 4 is 73.9 Å². The smallest absolute Gasteiger partial charge is 0.244 e. The van der Waals surface area contributed by atoms with Gasteiger partial charge in [0.1, 0.15) is 12.6 Å². The van der Waals surface area contributed by atoms with Crippen LogP contribution in [0.4, 0.5) is 5.69 Å². The van der Waals surface area contributed by atoms with Crippen LogP contribution < -0.4 is 9.62 Å². The summed E-state index contributed by atoms with van der Waals surface area (Å²) in [5.41, 5.74) is 0.718. The quantitative estimate of drug-likeness (QED) is 0.458. The first kappa shape index (κ1) is 27.5. The molecule has 180 valence electrons. The highest BCUT2D eigenvalue weighted by Gasteiger charge is 2.32. The van der Waals surface area contributed by atoms with Crippen molar-refractivity contribution in [3.8, 4) is 0 Å². The number of benzene rings is 2. The predicted molar refractivity (Wildman–Crippen MR) is 134 cm³/mol. The summed E-state index contributed by atoms with van der Waals surface area (Å²) in [4.78, 5) is 27.3. The third-order valence-corrected chi connectivity index (χ3v) is 7.24. The highest BCUT2D eigenvalue weighted by atomic mass is 35.5. The number of nitrogens with zero attached hydrogens (tertiary/aromatic N) is 2. The Morgan fingerprint density at radius 2 is 1.58 bits per heavy atom. The Balaban J connectivity index is 2.49. The Labute approximate surface area is 213 Å². The van der Waals surface area contributed by atoms with Crippen molar-refractivity contribution in [2.24, 2.45) is 0 Å². The molecule has 0 spiro atoms. The standard InChI is InChI=1S/C21H23Cl4N3O4S/c1-4-18(21(30)26-2)27(11-13-5-7-14(22)8-6-13)20(29)12-28(33(3,31)32)19-10-16(24)15(23)9-17(19)25/h5-10,18H,4,11-12H2,1-3H3,(H,26,30)/t18-/m1/s1. The lowest BCUT2D eigenvalue weighted by molar-refractivity contribution is -0.140. The maximum absolute atomic E-state index is 13.4. The molecule has 2 aromatic rings. The molecule has 1 N–H and O–H groups in total. The molecule has 2 rings (SSSR count). The van der Waals surface area contributed by atoms with Crippen molar-refractivity contribution in [1.82, 2.24) is 10.2 Å². The molecule has 0 aromatic heterocycles. The van der Waals surface area contributed by atoms with Crippen molar-refractivity contribution in [3.63, 3.8) is 0 Å². The number of sulfonamides is 1. The van der Waals surface area contributed by atoms with E-state index >= 15 is 0 Å². The van der Waals surface area contributed by atoms with Gasteiger partial charge in [0.2, 0.25) is 21.8 Å². The number of carbonyl (C=O) groups excluding carboxylic acids is 2. The van der Waals surface area contributed by atoms with Gasteiger partial charge in [-0.1, -0.05) is 65.5 Å². The summed E-state index contributed by atoms with van der Waals surface area (Å²) in [5, 5.41) is 3.29. The number of carbonyl (C=O) groups is 2. The van der Waals surface area contributed by atoms with Crippen LogP contribution in [0.5, 0.6) is 0 Å². The molecule has 0 aliphatic carbocycles. The zero-order valence-corrected chi connectivity index (χ0v) is 22.0. The molecular formula is C21H23Cl4N3O4S. The Morgan fingerprint density at radius 3 is 2.09 bits per heavy atom. The summed E-state index contributed by atoms with van der Waals surface area (Å²) in [7, 11) is -2.49. The van der Waals surface area contributed by atoms with E-state index in [0.29, 0.717) is 17.0 Å². The van der Waals surface area contributed by atoms with E-state index in [9.17, 15) is 18.0 Å². The number of hydrogen-bond donors (Lipinski definition) is 1. The lowest BCUT2D eigenvalue weighted by Gasteiger charge is -2.32. The maximum atomic E-state index is 13.4. The lowest BCUT2D eigenvalue weighted by atomic mass is 10.1. The molecule has 12 heteroatoms. The highest BCUT2D eigenvalue weighted by molar-refractivity contribution is 7.92. The number of nitrogens with one attached hydrogen (secondary N) is 1. The number of likely N-dealkylation sites (N-methyl/N-ethyl adjacent to an activating group) is 1. The van der Waals surface area contributed by atoms with Gasteiger partial charge in [0.15, 0.2) is 0 Å². The zero-order valence-electron chi connectivity index (χ0n) is 18.1. The van der Waals surface area contributed by atoms with Gasteiger partial charge >= 0.3 is 0 Å². The number of amides is 2. The average Bonchev–Trinajstić information content (AvgIpc) is 2.74. The van der Waals surface area contributed by atoms with Crippen LogP contribution in [0.25, 0.3) is 0 Å². The summed E-state index contributed by atoms with van der Waals surface area (Å²) >= 11 is 24.2. The van der Waals surface area contributed by atoms with Crippen LogP contribution in [0.3, 0.4) is 0 Å². The minimum atomic E-state index is -3.95. The fraction of sp³-hybridized carbons (Fsp3) is 0.333. The second-order valence-corrected chi connectivity index (χ2v) is 10.7. The third kappa shape index (κ3) is 7.13. The van der Waals surface area contributed by atoms with Gasteiger partial charge in [-0.25, -0.2) is 8.42 Å². The van der Waals surface area contributed by atoms with Crippen LogP contribution in [0.1, 0.15) is 18.9 Å². The zero-order chi connectivity index (χ0) is 24.9. The van der Waals surface area contributed by atoms with E-state index in [0.717, 1.165) is 10.6 Å². The van der Waals surface area contributed by atoms with E-state index in [1.54, 1.807) is 31.2 Å². The van der Waals surface area contributed by atoms with E-state index in [-0.39, 0.29) is 33.2 Å². The van der Waals surface area contributed by atoms with Gasteiger partial charge < -0.3 is 10.2 Å². The van der Waals surface area contributed by atoms with E-state index in [1.807, 2.05) is 0 Å². The van der Waals surface area contributed by atoms with Gasteiger partial charge in [-0.15, -0.1) is 0 Å². The first-order chi connectivity index (χ1) is 15.4. The Kier molecular flexibility index (Phi) is 9.70. The maximum Gasteiger partial charge on any atom is 0.244 e. The van der Waals surface area contributed by atoms with Crippen molar-refractivity contribution in [2.45, 2.75) is 25.9 Å². The van der Waals surface area contributed by atoms with E-state index in [2.05, 4.69) is 5.32 Å². The number of anilines is 1. The van der Waals surface area contributed by atoms with E-state index in [1.165, 1.54) is 24.1 Å². The van der Waals surface area contributed by atoms with Crippen molar-refractivity contribution < 1.29 is 18.0 Å². The van der Waals surface area contributed by atoms with E-state index in [4.69, 9.17) is 46.4 Å². The summed E-state index contributed by atoms with van der Waals surface area (Å²) in [6.45, 7) is 1.22. The largest absolute Gasteiger partial charge is 0.357 e. The number of rotatable bonds is 9. The molecule has 7 nitrogen and oxygen atoms in total. The molecule has 0 bridgehead atoms. The number of halogens is 4. The lowest BCUT2D eigenvalue weighted by Crippen LogP contribution is -2.51. The molecule has 0 heterocycles. The van der Waals surface area contributed by atoms with Crippen LogP contribution in [-0.4, -0.2) is 51.0 Å². The second-order valence-electron chi connectivity index (χ2n) is 7.17. The highest BCUT2D eigenvalue weighted by Crippen LogP contribution is 2.35. The van der Waals surface area contributed by atoms with Gasteiger partial charge in [0.25, 0.3) is 0 Å². The van der Waals surface area contributed by atoms with Gasteiger partial charge in [-0.3, -0.25) is 13.9 Å². The molecule has 2 amide bonds. The Bertz CT molecular complexity index is 1130. The average molecular weight is 555 g/mol. The predicted octanol–water partition coefficient (Wildman–Crippen LogP) is 4.62. The van der Waals surface area contributed by atoms with Crippen molar-refractivity contribution in [3.05, 3.63) is 62.1 Å². The van der Waals surface area contributed by atoms with E-state index < -0.39 is 28.5 Å². The number of hydrogen-bond acceptors (Lipinski definition) is 4. The van der Waals surface area contributed by atoms with Crippen LogP contribution >= 0.6 is 46.4 Å². The fourth-order valence-corrected chi connectivity index (χ4v) is 4.84. The van der Waals surface area contributed by atoms with Crippen LogP contribution in [-0.2, 0) is 26.2 Å². The van der Waals surface area contributed by atoms with Gasteiger partial charge in [0.05, 0.1) is 27.0 Å². The van der Waals surface area contributed by atoms with Crippen molar-refractivity contribution in [2.75, 3.05) is 24.2 Å². The minimum Gasteiger partial charge on any atom is -0.357 e. The third-order valence-electron chi connectivity index (χ3n) is 4.84. The van der Waals surface area contributed by atoms with Gasteiger partial charge in [0, 0.05) is 18.6 Å². The monoisotopic (exact) mass is 553 g/mol. The molecule has 1 atom stereocenters. The molecule has 0 fully saturated rings. The minimum absolute atomic E-state index is 0.00125. The summed E-state index contributed by atoms with van der Waals surface area (Å²) < 4.78 is 26.0. The molecule has 0 saturated heterocycles. The summed E-state index contributed by atoms with van der Waals surface area (Å²) in [6.07, 6.45) is 1.25. The SMILES string of the molecule is CC[C@H](C(=O)NC)N(Cc1ccc(Cl)cc1)C(=O)CN(c1cc(Cl)c(Cl)cc1Cl)S(C)(=O)=O. The van der Waals surface area contributed by atoms with Crippen LogP contribution in [0.15, 0.2) is 36.4 Å². The molecule has 0 aliphatic rings. The van der Waals surface area contributed by atoms with Crippen LogP contribution in [0, 0.1) is 0 Å². The van der Waals surface area contributed by atoms with Gasteiger partial charge in [-0.05, 0) is 36.2 Å². The van der Waals surface area contributed by atoms with Crippen molar-refractivity contribution in [1.29, 1.82) is 0 Å². The second kappa shape index (κ2) is 11.6. The first-order valence-electron chi connectivity index (χ1n) is 9.76. The fourth-order valence-electron chi connectivity index (χ4n) is 3.17. The molecule has 0 aliphatic heterocycles. The van der Waals surface area contributed by atoms with Crippen LogP contribution in [0.2, 0.25) is 20.1 Å². The summed E-state index contributed by atoms with van der Waals surface area (Å²) in [5.74, 6) is -0.980. The molecule has 2 aromatic carbocycles. The molecule has 0 unspecified atom stereocenters. The normalized spacial score (nSPS) is 12.2. The summed E-state index contributed by atoms with van der Waals surface area (Å²) in [6, 6.07) is 8.53. The molecular weight excluding hydrogens is 532 g/mol. The Hall–Kier alpha value is -1.71. The first-order valence-corrected chi connectivity index (χ1v) is 13.1. The molecule has 33 heavy (non-hydrogen) atoms. The topological polar surface area (TPSA) is 86.8 Å². The van der Waals surface area contributed by atoms with Gasteiger partial charge in [-0.2, -0.15) is 0 Å². The molecule has 0 radical (unpaired) electrons.